The average Bonchev–Trinajstić information content (AvgIpc) is 3.20. The van der Waals surface area contributed by atoms with Gasteiger partial charge in [0.2, 0.25) is 16.6 Å². The van der Waals surface area contributed by atoms with E-state index in [2.05, 4.69) is 137 Å². The third kappa shape index (κ3) is 6.47. The Balaban J connectivity index is 0.000000211. The van der Waals surface area contributed by atoms with Crippen LogP contribution in [0.1, 0.15) is 47.2 Å². The van der Waals surface area contributed by atoms with Gasteiger partial charge in [-0.15, -0.1) is 0 Å². The largest absolute Gasteiger partial charge is 0.543 e. The number of benzene rings is 2. The predicted octanol–water partition coefficient (Wildman–Crippen LogP) is 8.83. The molecule has 0 fully saturated rings. The molecule has 0 bridgehead atoms. The highest BCUT2D eigenvalue weighted by atomic mass is 127. The van der Waals surface area contributed by atoms with Crippen molar-refractivity contribution in [1.82, 2.24) is 19.6 Å². The number of aromatic nitrogens is 4. The van der Waals surface area contributed by atoms with Crippen molar-refractivity contribution in [2.75, 3.05) is 0 Å². The maximum atomic E-state index is 6.34. The van der Waals surface area contributed by atoms with E-state index in [1.165, 1.54) is 10.8 Å². The minimum absolute atomic E-state index is 0.212. The number of nitrogens with zero attached hydrogens (tertiary/aromatic N) is 4. The topological polar surface area (TPSA) is 54.1 Å². The van der Waals surface area contributed by atoms with E-state index in [-0.39, 0.29) is 10.1 Å². The van der Waals surface area contributed by atoms with Crippen molar-refractivity contribution in [3.8, 4) is 11.5 Å². The fraction of sp³-hybridized carbons (Fsp3) is 0.517. The van der Waals surface area contributed by atoms with Gasteiger partial charge in [-0.05, 0) is 102 Å². The van der Waals surface area contributed by atoms with E-state index < -0.39 is 16.6 Å². The van der Waals surface area contributed by atoms with E-state index in [4.69, 9.17) is 8.85 Å². The number of rotatable bonds is 4. The Labute approximate surface area is 244 Å². The van der Waals surface area contributed by atoms with Crippen molar-refractivity contribution in [3.05, 3.63) is 45.8 Å². The van der Waals surface area contributed by atoms with Crippen LogP contribution in [0.2, 0.25) is 36.3 Å². The normalized spacial score (nSPS) is 13.0. The second kappa shape index (κ2) is 10.6. The number of hydrogen-bond donors (Lipinski definition) is 0. The van der Waals surface area contributed by atoms with Crippen LogP contribution >= 0.6 is 22.6 Å². The molecule has 2 aromatic carbocycles. The van der Waals surface area contributed by atoms with E-state index in [0.717, 1.165) is 31.9 Å². The monoisotopic (exact) mass is 664 g/mol. The highest BCUT2D eigenvalue weighted by molar-refractivity contribution is 14.1. The number of hydrogen-bond acceptors (Lipinski definition) is 4. The molecule has 38 heavy (non-hydrogen) atoms. The smallest absolute Gasteiger partial charge is 0.250 e. The molecule has 0 saturated carbocycles. The average molecular weight is 665 g/mol. The van der Waals surface area contributed by atoms with Crippen LogP contribution in [0.5, 0.6) is 11.5 Å². The van der Waals surface area contributed by atoms with Crippen molar-refractivity contribution in [3.63, 3.8) is 0 Å². The SMILES string of the molecule is Cc1nn(C)c2ccc(O[Si](C)(C)C(C)(C)C)cc12.Cn1nc(I)c2cc(O[Si](C)(C)C(C)(C)C)ccc21. The number of halogens is 1. The number of aryl methyl sites for hydroxylation is 3. The summed E-state index contributed by atoms with van der Waals surface area (Å²) in [5, 5.41) is 11.7. The van der Waals surface area contributed by atoms with Gasteiger partial charge in [0.25, 0.3) is 0 Å². The maximum absolute atomic E-state index is 6.34. The highest BCUT2D eigenvalue weighted by Crippen LogP contribution is 2.39. The van der Waals surface area contributed by atoms with Crippen molar-refractivity contribution >= 4 is 61.0 Å². The van der Waals surface area contributed by atoms with Gasteiger partial charge in [-0.25, -0.2) is 0 Å². The summed E-state index contributed by atoms with van der Waals surface area (Å²) >= 11 is 2.27. The lowest BCUT2D eigenvalue weighted by molar-refractivity contribution is 0.492. The third-order valence-electron chi connectivity index (χ3n) is 8.14. The van der Waals surface area contributed by atoms with Gasteiger partial charge in [0.05, 0.1) is 16.7 Å². The highest BCUT2D eigenvalue weighted by Gasteiger charge is 2.39. The molecule has 2 heterocycles. The molecule has 0 aliphatic heterocycles. The third-order valence-corrected chi connectivity index (χ3v) is 17.7. The predicted molar refractivity (Wildman–Crippen MR) is 175 cm³/mol. The Morgan fingerprint density at radius 3 is 1.53 bits per heavy atom. The van der Waals surface area contributed by atoms with Crippen molar-refractivity contribution in [1.29, 1.82) is 0 Å². The molecule has 0 N–H and O–H groups in total. The molecule has 208 valence electrons. The van der Waals surface area contributed by atoms with Crippen LogP contribution in [0.25, 0.3) is 21.8 Å². The van der Waals surface area contributed by atoms with Crippen LogP contribution in [0.15, 0.2) is 36.4 Å². The molecule has 0 radical (unpaired) electrons. The molecule has 4 aromatic rings. The second-order valence-corrected chi connectivity index (χ2v) is 23.7. The van der Waals surface area contributed by atoms with Gasteiger partial charge in [-0.2, -0.15) is 10.2 Å². The van der Waals surface area contributed by atoms with Gasteiger partial charge in [0.15, 0.2) is 0 Å². The molecule has 2 aromatic heterocycles. The molecule has 0 aliphatic rings. The maximum Gasteiger partial charge on any atom is 0.250 e. The standard InChI is InChI=1S/C15H24N2OSi.C14H21IN2OSi/c1-11-13-10-12(8-9-14(13)17(5)16-11)18-19(6,7)15(2,3)4;1-14(2,3)19(5,6)18-10-7-8-12-11(9-10)13(15)16-17(12)4/h8-10H,1-7H3;7-9H,1-6H3. The Morgan fingerprint density at radius 1 is 0.684 bits per heavy atom. The molecule has 0 amide bonds. The molecular formula is C29H45IN4O2Si2. The van der Waals surface area contributed by atoms with Crippen molar-refractivity contribution < 1.29 is 8.85 Å². The van der Waals surface area contributed by atoms with Crippen LogP contribution in [0, 0.1) is 10.6 Å². The summed E-state index contributed by atoms with van der Waals surface area (Å²) < 4.78 is 17.5. The number of fused-ring (bicyclic) bond motifs is 2. The summed E-state index contributed by atoms with van der Waals surface area (Å²) in [6.07, 6.45) is 0. The molecular weight excluding hydrogens is 619 g/mol. The van der Waals surface area contributed by atoms with Crippen molar-refractivity contribution in [2.24, 2.45) is 14.1 Å². The van der Waals surface area contributed by atoms with Crippen LogP contribution < -0.4 is 8.85 Å². The van der Waals surface area contributed by atoms with E-state index in [9.17, 15) is 0 Å². The van der Waals surface area contributed by atoms with Gasteiger partial charge >= 0.3 is 0 Å². The lowest BCUT2D eigenvalue weighted by Crippen LogP contribution is -2.43. The van der Waals surface area contributed by atoms with Crippen molar-refractivity contribution in [2.45, 2.75) is 84.7 Å². The first-order chi connectivity index (χ1) is 17.2. The van der Waals surface area contributed by atoms with E-state index in [0.29, 0.717) is 0 Å². The zero-order chi connectivity index (χ0) is 28.8. The minimum Gasteiger partial charge on any atom is -0.543 e. The minimum atomic E-state index is -1.77. The fourth-order valence-electron chi connectivity index (χ4n) is 3.64. The lowest BCUT2D eigenvalue weighted by Gasteiger charge is -2.36. The first-order valence-corrected chi connectivity index (χ1v) is 20.1. The van der Waals surface area contributed by atoms with Crippen LogP contribution in [0.3, 0.4) is 0 Å². The van der Waals surface area contributed by atoms with E-state index in [1.54, 1.807) is 0 Å². The summed E-state index contributed by atoms with van der Waals surface area (Å²) in [5.74, 6) is 1.93. The molecule has 0 saturated heterocycles. The Hall–Kier alpha value is -1.86. The van der Waals surface area contributed by atoms with Crippen LogP contribution in [-0.4, -0.2) is 36.2 Å². The summed E-state index contributed by atoms with van der Waals surface area (Å²) in [4.78, 5) is 0. The fourth-order valence-corrected chi connectivity index (χ4v) is 6.44. The quantitative estimate of drug-likeness (QED) is 0.162. The molecule has 0 atom stereocenters. The summed E-state index contributed by atoms with van der Waals surface area (Å²) in [7, 11) is 0.403. The summed E-state index contributed by atoms with van der Waals surface area (Å²) in [6, 6.07) is 12.5. The van der Waals surface area contributed by atoms with E-state index >= 15 is 0 Å². The first kappa shape index (κ1) is 30.7. The Kier molecular flexibility index (Phi) is 8.57. The molecule has 0 spiro atoms. The van der Waals surface area contributed by atoms with Crippen LogP contribution in [0.4, 0.5) is 0 Å². The zero-order valence-electron chi connectivity index (χ0n) is 25.4. The Morgan fingerprint density at radius 2 is 1.08 bits per heavy atom. The summed E-state index contributed by atoms with van der Waals surface area (Å²) in [6.45, 7) is 24.7. The van der Waals surface area contributed by atoms with Gasteiger partial charge in [0.1, 0.15) is 15.2 Å². The van der Waals surface area contributed by atoms with Crippen LogP contribution in [-0.2, 0) is 14.1 Å². The zero-order valence-corrected chi connectivity index (χ0v) is 29.6. The van der Waals surface area contributed by atoms with Gasteiger partial charge < -0.3 is 8.85 Å². The van der Waals surface area contributed by atoms with E-state index in [1.807, 2.05) is 30.4 Å². The van der Waals surface area contributed by atoms with Gasteiger partial charge in [-0.3, -0.25) is 9.36 Å². The van der Waals surface area contributed by atoms with Gasteiger partial charge in [0, 0.05) is 24.9 Å². The molecule has 4 rings (SSSR count). The molecule has 9 heteroatoms. The molecule has 0 aliphatic carbocycles. The molecule has 6 nitrogen and oxygen atoms in total. The Bertz CT molecular complexity index is 1330. The van der Waals surface area contributed by atoms with Gasteiger partial charge in [-0.1, -0.05) is 41.5 Å². The lowest BCUT2D eigenvalue weighted by atomic mass is 10.2. The first-order valence-electron chi connectivity index (χ1n) is 13.2. The molecule has 0 unspecified atom stereocenters. The summed E-state index contributed by atoms with van der Waals surface area (Å²) in [5.41, 5.74) is 3.35. The second-order valence-electron chi connectivity index (χ2n) is 13.2.